The third-order valence-electron chi connectivity index (χ3n) is 3.66. The summed E-state index contributed by atoms with van der Waals surface area (Å²) in [6.45, 7) is 2.04. The molecule has 1 amide bonds. The Hall–Kier alpha value is -2.38. The molecule has 0 spiro atoms. The number of carbonyl (C=O) groups excluding carboxylic acids is 2. The van der Waals surface area contributed by atoms with Gasteiger partial charge in [0.1, 0.15) is 15.8 Å². The second-order valence-corrected chi connectivity index (χ2v) is 7.27. The monoisotopic (exact) mass is 387 g/mol. The molecule has 0 aliphatic carbocycles. The van der Waals surface area contributed by atoms with Gasteiger partial charge in [0, 0.05) is 25.1 Å². The van der Waals surface area contributed by atoms with Crippen LogP contribution in [0.1, 0.15) is 19.1 Å². The van der Waals surface area contributed by atoms with E-state index in [1.54, 1.807) is 6.08 Å². The number of nitrogens with zero attached hydrogens (tertiary/aromatic N) is 1. The first kappa shape index (κ1) is 18.4. The maximum atomic E-state index is 12.5. The van der Waals surface area contributed by atoms with Gasteiger partial charge in [-0.25, -0.2) is 0 Å². The first-order valence-electron chi connectivity index (χ1n) is 8.08. The lowest BCUT2D eigenvalue weighted by Crippen LogP contribution is -2.29. The quantitative estimate of drug-likeness (QED) is 0.322. The first-order valence-corrected chi connectivity index (χ1v) is 9.31. The average Bonchev–Trinajstić information content (AvgIpc) is 3.19. The second kappa shape index (κ2) is 8.33. The van der Waals surface area contributed by atoms with Gasteiger partial charge in [0.2, 0.25) is 0 Å². The number of esters is 1. The molecule has 1 fully saturated rings. The second-order valence-electron chi connectivity index (χ2n) is 5.59. The Morgan fingerprint density at radius 1 is 1.27 bits per heavy atom. The standard InChI is InChI=1S/C19H17NO4S2/c1-13(21)23-11-5-10-20-18(22)17(26-19(20)25)12-15-8-9-16(24-15)14-6-3-2-4-7-14/h2-4,6-9,12H,5,10-11H2,1H3/b17-12+. The van der Waals surface area contributed by atoms with E-state index in [1.807, 2.05) is 42.5 Å². The molecule has 3 rings (SSSR count). The lowest BCUT2D eigenvalue weighted by Gasteiger charge is -2.13. The van der Waals surface area contributed by atoms with Crippen LogP contribution in [0.4, 0.5) is 0 Å². The number of ether oxygens (including phenoxy) is 1. The van der Waals surface area contributed by atoms with Crippen molar-refractivity contribution in [1.29, 1.82) is 0 Å². The van der Waals surface area contributed by atoms with E-state index >= 15 is 0 Å². The van der Waals surface area contributed by atoms with Gasteiger partial charge in [-0.05, 0) is 18.6 Å². The number of thioether (sulfide) groups is 1. The Bertz CT molecular complexity index is 857. The summed E-state index contributed by atoms with van der Waals surface area (Å²) in [5.41, 5.74) is 0.977. The van der Waals surface area contributed by atoms with Crippen molar-refractivity contribution in [3.05, 3.63) is 53.1 Å². The lowest BCUT2D eigenvalue weighted by atomic mass is 10.2. The number of rotatable bonds is 6. The molecule has 2 heterocycles. The van der Waals surface area contributed by atoms with Crippen LogP contribution in [-0.4, -0.2) is 34.2 Å². The molecule has 0 N–H and O–H groups in total. The van der Waals surface area contributed by atoms with Gasteiger partial charge >= 0.3 is 5.97 Å². The SMILES string of the molecule is CC(=O)OCCCN1C(=O)/C(=C\c2ccc(-c3ccccc3)o2)SC1=S. The first-order chi connectivity index (χ1) is 12.5. The summed E-state index contributed by atoms with van der Waals surface area (Å²) in [7, 11) is 0. The Morgan fingerprint density at radius 3 is 2.77 bits per heavy atom. The minimum atomic E-state index is -0.331. The highest BCUT2D eigenvalue weighted by molar-refractivity contribution is 8.26. The topological polar surface area (TPSA) is 59.8 Å². The number of hydrogen-bond acceptors (Lipinski definition) is 6. The zero-order valence-corrected chi connectivity index (χ0v) is 15.8. The summed E-state index contributed by atoms with van der Waals surface area (Å²) in [5, 5.41) is 0. The minimum absolute atomic E-state index is 0.152. The number of hydrogen-bond donors (Lipinski definition) is 0. The molecule has 26 heavy (non-hydrogen) atoms. The van der Waals surface area contributed by atoms with Crippen LogP contribution < -0.4 is 0 Å². The number of thiocarbonyl (C=S) groups is 1. The molecule has 1 aromatic carbocycles. The summed E-state index contributed by atoms with van der Waals surface area (Å²) >= 11 is 6.53. The van der Waals surface area contributed by atoms with E-state index in [-0.39, 0.29) is 18.5 Å². The normalized spacial score (nSPS) is 15.7. The summed E-state index contributed by atoms with van der Waals surface area (Å²) in [5.74, 6) is 0.862. The fourth-order valence-electron chi connectivity index (χ4n) is 2.45. The zero-order chi connectivity index (χ0) is 18.5. The molecule has 0 unspecified atom stereocenters. The minimum Gasteiger partial charge on any atom is -0.466 e. The molecule has 1 aliphatic heterocycles. The van der Waals surface area contributed by atoms with Gasteiger partial charge in [-0.15, -0.1) is 0 Å². The summed E-state index contributed by atoms with van der Waals surface area (Å²) in [6, 6.07) is 13.5. The summed E-state index contributed by atoms with van der Waals surface area (Å²) < 4.78 is 11.2. The average molecular weight is 387 g/mol. The molecule has 0 radical (unpaired) electrons. The van der Waals surface area contributed by atoms with E-state index in [2.05, 4.69) is 0 Å². The van der Waals surface area contributed by atoms with Gasteiger partial charge in [-0.2, -0.15) is 0 Å². The molecule has 1 aromatic heterocycles. The van der Waals surface area contributed by atoms with Gasteiger partial charge in [0.15, 0.2) is 0 Å². The van der Waals surface area contributed by atoms with E-state index in [9.17, 15) is 9.59 Å². The molecule has 1 saturated heterocycles. The summed E-state index contributed by atoms with van der Waals surface area (Å²) in [4.78, 5) is 25.3. The van der Waals surface area contributed by atoms with E-state index in [1.165, 1.54) is 23.6 Å². The molecule has 5 nitrogen and oxygen atoms in total. The third kappa shape index (κ3) is 4.42. The Morgan fingerprint density at radius 2 is 2.04 bits per heavy atom. The predicted octanol–water partition coefficient (Wildman–Crippen LogP) is 4.10. The van der Waals surface area contributed by atoms with Crippen molar-refractivity contribution in [2.75, 3.05) is 13.2 Å². The number of furan rings is 1. The molecule has 2 aromatic rings. The van der Waals surface area contributed by atoms with Gasteiger partial charge in [-0.3, -0.25) is 14.5 Å². The molecular weight excluding hydrogens is 370 g/mol. The predicted molar refractivity (Wildman–Crippen MR) is 105 cm³/mol. The fraction of sp³-hybridized carbons (Fsp3) is 0.211. The molecular formula is C19H17NO4S2. The van der Waals surface area contributed by atoms with Gasteiger partial charge in [-0.1, -0.05) is 54.3 Å². The highest BCUT2D eigenvalue weighted by atomic mass is 32.2. The van der Waals surface area contributed by atoms with Crippen molar-refractivity contribution in [3.8, 4) is 11.3 Å². The van der Waals surface area contributed by atoms with E-state index < -0.39 is 0 Å². The van der Waals surface area contributed by atoms with Crippen LogP contribution in [0.5, 0.6) is 0 Å². The van der Waals surface area contributed by atoms with Crippen molar-refractivity contribution in [2.24, 2.45) is 0 Å². The maximum absolute atomic E-state index is 12.5. The number of benzene rings is 1. The van der Waals surface area contributed by atoms with Crippen LogP contribution in [0.2, 0.25) is 0 Å². The molecule has 0 bridgehead atoms. The number of amides is 1. The van der Waals surface area contributed by atoms with E-state index in [4.69, 9.17) is 21.4 Å². The van der Waals surface area contributed by atoms with Crippen molar-refractivity contribution in [2.45, 2.75) is 13.3 Å². The molecule has 7 heteroatoms. The van der Waals surface area contributed by atoms with E-state index in [0.717, 1.165) is 11.3 Å². The van der Waals surface area contributed by atoms with Crippen molar-refractivity contribution in [1.82, 2.24) is 4.90 Å². The lowest BCUT2D eigenvalue weighted by molar-refractivity contribution is -0.141. The third-order valence-corrected chi connectivity index (χ3v) is 5.04. The smallest absolute Gasteiger partial charge is 0.302 e. The van der Waals surface area contributed by atoms with Crippen molar-refractivity contribution >= 4 is 46.3 Å². The maximum Gasteiger partial charge on any atom is 0.302 e. The Labute approximate surface area is 161 Å². The van der Waals surface area contributed by atoms with Crippen LogP contribution in [-0.2, 0) is 14.3 Å². The summed E-state index contributed by atoms with van der Waals surface area (Å²) in [6.07, 6.45) is 2.25. The van der Waals surface area contributed by atoms with Crippen LogP contribution in [0, 0.1) is 0 Å². The van der Waals surface area contributed by atoms with Gasteiger partial charge in [0.05, 0.1) is 11.5 Å². The highest BCUT2D eigenvalue weighted by Crippen LogP contribution is 2.33. The highest BCUT2D eigenvalue weighted by Gasteiger charge is 2.31. The van der Waals surface area contributed by atoms with Crippen LogP contribution >= 0.6 is 24.0 Å². The van der Waals surface area contributed by atoms with Crippen LogP contribution in [0.25, 0.3) is 17.4 Å². The van der Waals surface area contributed by atoms with Crippen molar-refractivity contribution < 1.29 is 18.7 Å². The Kier molecular flexibility index (Phi) is 5.90. The van der Waals surface area contributed by atoms with Crippen LogP contribution in [0.3, 0.4) is 0 Å². The van der Waals surface area contributed by atoms with E-state index in [0.29, 0.717) is 28.0 Å². The largest absolute Gasteiger partial charge is 0.466 e. The number of carbonyl (C=O) groups is 2. The van der Waals surface area contributed by atoms with Crippen LogP contribution in [0.15, 0.2) is 51.8 Å². The van der Waals surface area contributed by atoms with Gasteiger partial charge in [0.25, 0.3) is 5.91 Å². The molecule has 134 valence electrons. The zero-order valence-electron chi connectivity index (χ0n) is 14.1. The molecule has 0 atom stereocenters. The van der Waals surface area contributed by atoms with Crippen molar-refractivity contribution in [3.63, 3.8) is 0 Å². The Balaban J connectivity index is 1.66. The van der Waals surface area contributed by atoms with Gasteiger partial charge < -0.3 is 9.15 Å². The molecule has 0 saturated carbocycles. The molecule has 1 aliphatic rings. The fourth-order valence-corrected chi connectivity index (χ4v) is 3.74.